The van der Waals surface area contributed by atoms with Gasteiger partial charge in [-0.05, 0) is 37.6 Å². The quantitative estimate of drug-likeness (QED) is 0.726. The standard InChI is InChI=1S/C20H21N3O2/c1-13-5-4-6-15(9-13)14(2)22-20-12-21-11-17(23-20)16-7-8-18(24)19(10-16)25-3/h4-12,14,24H,1-3H3,(H,22,23). The molecule has 2 N–H and O–H groups in total. The number of aromatic nitrogens is 2. The van der Waals surface area contributed by atoms with Crippen molar-refractivity contribution in [1.82, 2.24) is 9.97 Å². The van der Waals surface area contributed by atoms with Crippen LogP contribution in [0.25, 0.3) is 11.3 Å². The summed E-state index contributed by atoms with van der Waals surface area (Å²) < 4.78 is 5.16. The van der Waals surface area contributed by atoms with Gasteiger partial charge in [0, 0.05) is 5.56 Å². The molecule has 3 aromatic rings. The van der Waals surface area contributed by atoms with Crippen LogP contribution in [0.4, 0.5) is 5.82 Å². The minimum absolute atomic E-state index is 0.0987. The summed E-state index contributed by atoms with van der Waals surface area (Å²) in [6, 6.07) is 13.6. The first-order chi connectivity index (χ1) is 12.1. The highest BCUT2D eigenvalue weighted by molar-refractivity contribution is 5.64. The normalized spacial score (nSPS) is 11.8. The molecular weight excluding hydrogens is 314 g/mol. The molecule has 0 amide bonds. The van der Waals surface area contributed by atoms with Gasteiger partial charge >= 0.3 is 0 Å². The second-order valence-corrected chi connectivity index (χ2v) is 5.96. The molecular formula is C20H21N3O2. The highest BCUT2D eigenvalue weighted by atomic mass is 16.5. The van der Waals surface area contributed by atoms with E-state index in [0.29, 0.717) is 17.3 Å². The fraction of sp³-hybridized carbons (Fsp3) is 0.200. The van der Waals surface area contributed by atoms with Crippen LogP contribution >= 0.6 is 0 Å². The lowest BCUT2D eigenvalue weighted by Crippen LogP contribution is -2.08. The van der Waals surface area contributed by atoms with Gasteiger partial charge in [-0.25, -0.2) is 4.98 Å². The zero-order chi connectivity index (χ0) is 17.8. The van der Waals surface area contributed by atoms with Crippen molar-refractivity contribution in [2.24, 2.45) is 0 Å². The Morgan fingerprint density at radius 1 is 1.12 bits per heavy atom. The number of methoxy groups -OCH3 is 1. The summed E-state index contributed by atoms with van der Waals surface area (Å²) in [7, 11) is 1.52. The Hall–Kier alpha value is -3.08. The molecule has 5 heteroatoms. The van der Waals surface area contributed by atoms with Gasteiger partial charge in [0.05, 0.1) is 31.2 Å². The van der Waals surface area contributed by atoms with E-state index in [-0.39, 0.29) is 11.8 Å². The summed E-state index contributed by atoms with van der Waals surface area (Å²) >= 11 is 0. The molecule has 1 aromatic heterocycles. The molecule has 0 aliphatic heterocycles. The molecule has 2 aromatic carbocycles. The fourth-order valence-electron chi connectivity index (χ4n) is 2.66. The Morgan fingerprint density at radius 2 is 1.96 bits per heavy atom. The number of benzene rings is 2. The van der Waals surface area contributed by atoms with E-state index in [2.05, 4.69) is 47.3 Å². The van der Waals surface area contributed by atoms with Crippen LogP contribution in [0.3, 0.4) is 0 Å². The van der Waals surface area contributed by atoms with Gasteiger partial charge in [0.1, 0.15) is 5.82 Å². The first kappa shape index (κ1) is 16.8. The highest BCUT2D eigenvalue weighted by Gasteiger charge is 2.10. The monoisotopic (exact) mass is 335 g/mol. The molecule has 0 aliphatic rings. The van der Waals surface area contributed by atoms with Crippen LogP contribution in [0, 0.1) is 6.92 Å². The van der Waals surface area contributed by atoms with E-state index >= 15 is 0 Å². The van der Waals surface area contributed by atoms with Gasteiger partial charge in [0.15, 0.2) is 11.5 Å². The van der Waals surface area contributed by atoms with Crippen LogP contribution in [-0.2, 0) is 0 Å². The number of anilines is 1. The number of aromatic hydroxyl groups is 1. The Balaban J connectivity index is 1.84. The Labute approximate surface area is 147 Å². The third-order valence-electron chi connectivity index (χ3n) is 4.02. The van der Waals surface area contributed by atoms with E-state index < -0.39 is 0 Å². The van der Waals surface area contributed by atoms with Crippen molar-refractivity contribution in [1.29, 1.82) is 0 Å². The lowest BCUT2D eigenvalue weighted by Gasteiger charge is -2.16. The third-order valence-corrected chi connectivity index (χ3v) is 4.02. The maximum absolute atomic E-state index is 9.73. The van der Waals surface area contributed by atoms with E-state index in [4.69, 9.17) is 4.74 Å². The molecule has 0 saturated heterocycles. The third kappa shape index (κ3) is 3.88. The van der Waals surface area contributed by atoms with Gasteiger partial charge in [-0.3, -0.25) is 4.98 Å². The van der Waals surface area contributed by atoms with Crippen LogP contribution in [0.5, 0.6) is 11.5 Å². The summed E-state index contributed by atoms with van der Waals surface area (Å²) in [5.74, 6) is 1.20. The van der Waals surface area contributed by atoms with Crippen LogP contribution in [0.2, 0.25) is 0 Å². The molecule has 1 unspecified atom stereocenters. The summed E-state index contributed by atoms with van der Waals surface area (Å²) in [4.78, 5) is 8.90. The maximum atomic E-state index is 9.73. The average molecular weight is 335 g/mol. The first-order valence-corrected chi connectivity index (χ1v) is 8.09. The minimum Gasteiger partial charge on any atom is -0.504 e. The Morgan fingerprint density at radius 3 is 2.72 bits per heavy atom. The molecule has 5 nitrogen and oxygen atoms in total. The van der Waals surface area contributed by atoms with E-state index in [1.54, 1.807) is 30.6 Å². The number of phenolic OH excluding ortho intramolecular Hbond substituents is 1. The zero-order valence-electron chi connectivity index (χ0n) is 14.5. The molecule has 0 saturated carbocycles. The number of phenols is 1. The molecule has 0 spiro atoms. The van der Waals surface area contributed by atoms with Gasteiger partial charge in [-0.1, -0.05) is 29.8 Å². The second kappa shape index (κ2) is 7.21. The Kier molecular flexibility index (Phi) is 4.84. The number of ether oxygens (including phenoxy) is 1. The van der Waals surface area contributed by atoms with Gasteiger partial charge in [0.2, 0.25) is 0 Å². The van der Waals surface area contributed by atoms with E-state index in [9.17, 15) is 5.11 Å². The van der Waals surface area contributed by atoms with Crippen molar-refractivity contribution in [3.63, 3.8) is 0 Å². The molecule has 0 radical (unpaired) electrons. The number of aryl methyl sites for hydroxylation is 1. The lowest BCUT2D eigenvalue weighted by molar-refractivity contribution is 0.373. The predicted molar refractivity (Wildman–Crippen MR) is 98.9 cm³/mol. The average Bonchev–Trinajstić information content (AvgIpc) is 2.62. The maximum Gasteiger partial charge on any atom is 0.161 e. The number of hydrogen-bond acceptors (Lipinski definition) is 5. The summed E-state index contributed by atoms with van der Waals surface area (Å²) in [6.07, 6.45) is 3.39. The minimum atomic E-state index is 0.0987. The van der Waals surface area contributed by atoms with Crippen LogP contribution in [0.1, 0.15) is 24.1 Å². The van der Waals surface area contributed by atoms with E-state index in [0.717, 1.165) is 5.56 Å². The van der Waals surface area contributed by atoms with E-state index in [1.807, 2.05) is 6.07 Å². The SMILES string of the molecule is COc1cc(-c2cncc(NC(C)c3cccc(C)c3)n2)ccc1O. The highest BCUT2D eigenvalue weighted by Crippen LogP contribution is 2.31. The molecule has 1 atom stereocenters. The van der Waals surface area contributed by atoms with Crippen molar-refractivity contribution in [2.75, 3.05) is 12.4 Å². The number of nitrogens with zero attached hydrogens (tertiary/aromatic N) is 2. The molecule has 0 fully saturated rings. The second-order valence-electron chi connectivity index (χ2n) is 5.96. The fourth-order valence-corrected chi connectivity index (χ4v) is 2.66. The predicted octanol–water partition coefficient (Wildman–Crippen LogP) is 4.34. The molecule has 1 heterocycles. The van der Waals surface area contributed by atoms with Crippen molar-refractivity contribution < 1.29 is 9.84 Å². The topological polar surface area (TPSA) is 67.3 Å². The number of nitrogens with one attached hydrogen (secondary N) is 1. The summed E-state index contributed by atoms with van der Waals surface area (Å²) in [6.45, 7) is 4.17. The molecule has 0 aliphatic carbocycles. The summed E-state index contributed by atoms with van der Waals surface area (Å²) in [5.41, 5.74) is 3.95. The van der Waals surface area contributed by atoms with Gasteiger partial charge in [0.25, 0.3) is 0 Å². The molecule has 3 rings (SSSR count). The number of hydrogen-bond donors (Lipinski definition) is 2. The van der Waals surface area contributed by atoms with Crippen molar-refractivity contribution >= 4 is 5.82 Å². The molecule has 128 valence electrons. The van der Waals surface area contributed by atoms with Gasteiger partial charge < -0.3 is 15.2 Å². The first-order valence-electron chi connectivity index (χ1n) is 8.09. The van der Waals surface area contributed by atoms with Crippen molar-refractivity contribution in [3.05, 3.63) is 66.0 Å². The van der Waals surface area contributed by atoms with Gasteiger partial charge in [-0.2, -0.15) is 0 Å². The van der Waals surface area contributed by atoms with E-state index in [1.165, 1.54) is 18.2 Å². The molecule has 25 heavy (non-hydrogen) atoms. The van der Waals surface area contributed by atoms with Crippen LogP contribution in [-0.4, -0.2) is 22.2 Å². The van der Waals surface area contributed by atoms with Gasteiger partial charge in [-0.15, -0.1) is 0 Å². The smallest absolute Gasteiger partial charge is 0.161 e. The largest absolute Gasteiger partial charge is 0.504 e. The summed E-state index contributed by atoms with van der Waals surface area (Å²) in [5, 5.41) is 13.1. The van der Waals surface area contributed by atoms with Crippen LogP contribution in [0.15, 0.2) is 54.9 Å². The Bertz CT molecular complexity index is 880. The van der Waals surface area contributed by atoms with Crippen molar-refractivity contribution in [3.8, 4) is 22.8 Å². The zero-order valence-corrected chi connectivity index (χ0v) is 14.5. The number of rotatable bonds is 5. The van der Waals surface area contributed by atoms with Crippen molar-refractivity contribution in [2.45, 2.75) is 19.9 Å². The lowest BCUT2D eigenvalue weighted by atomic mass is 10.1. The van der Waals surface area contributed by atoms with Crippen LogP contribution < -0.4 is 10.1 Å². The molecule has 0 bridgehead atoms.